The number of carbonyl (C=O) groups excluding carboxylic acids is 2. The number of nitrogens with one attached hydrogen (secondary N) is 1. The quantitative estimate of drug-likeness (QED) is 0.705. The molecule has 0 bridgehead atoms. The second-order valence-electron chi connectivity index (χ2n) is 6.03. The fraction of sp³-hybridized carbons (Fsp3) is 0.250. The lowest BCUT2D eigenvalue weighted by Crippen LogP contribution is -2.37. The van der Waals surface area contributed by atoms with Crippen LogP contribution >= 0.6 is 0 Å². The first-order chi connectivity index (χ1) is 12.9. The first kappa shape index (κ1) is 20.1. The number of nitrogens with zero attached hydrogens (tertiary/aromatic N) is 1. The van der Waals surface area contributed by atoms with Crippen LogP contribution in [0.5, 0.6) is 0 Å². The highest BCUT2D eigenvalue weighted by Crippen LogP contribution is 2.08. The fourth-order valence-electron chi connectivity index (χ4n) is 2.52. The van der Waals surface area contributed by atoms with Crippen LogP contribution in [0.2, 0.25) is 0 Å². The smallest absolute Gasteiger partial charge is 0.323 e. The molecule has 2 rings (SSSR count). The number of carboxylic acid groups (broad SMARTS) is 1. The molecule has 27 heavy (non-hydrogen) atoms. The van der Waals surface area contributed by atoms with E-state index in [1.807, 2.05) is 30.3 Å². The summed E-state index contributed by atoms with van der Waals surface area (Å²) in [5.74, 6) is -2.16. The molecule has 7 heteroatoms. The van der Waals surface area contributed by atoms with Gasteiger partial charge in [-0.25, -0.2) is 4.39 Å². The maximum atomic E-state index is 13.0. The normalized spacial score (nSPS) is 10.3. The number of amides is 2. The summed E-state index contributed by atoms with van der Waals surface area (Å²) < 4.78 is 13.0. The summed E-state index contributed by atoms with van der Waals surface area (Å²) in [5.41, 5.74) is 1.49. The largest absolute Gasteiger partial charge is 0.480 e. The van der Waals surface area contributed by atoms with Crippen molar-refractivity contribution in [1.29, 1.82) is 0 Å². The van der Waals surface area contributed by atoms with Gasteiger partial charge in [0.25, 0.3) is 0 Å². The number of carbonyl (C=O) groups is 3. The minimum absolute atomic E-state index is 0.0188. The zero-order valence-corrected chi connectivity index (χ0v) is 14.7. The summed E-state index contributed by atoms with van der Waals surface area (Å²) in [5, 5.41) is 11.7. The van der Waals surface area contributed by atoms with E-state index in [0.29, 0.717) is 5.56 Å². The predicted molar refractivity (Wildman–Crippen MR) is 97.2 cm³/mol. The average Bonchev–Trinajstić information content (AvgIpc) is 2.63. The standard InChI is InChI=1S/C20H21FN2O4/c21-17-8-6-16(7-9-17)13-23(14-20(26)27)19(25)10-11-22-18(24)12-15-4-2-1-3-5-15/h1-9H,10-14H2,(H,22,24)(H,26,27). The predicted octanol–water partition coefficient (Wildman–Crippen LogP) is 1.99. The van der Waals surface area contributed by atoms with Crippen molar-refractivity contribution >= 4 is 17.8 Å². The number of hydrogen-bond donors (Lipinski definition) is 2. The number of benzene rings is 2. The van der Waals surface area contributed by atoms with Crippen LogP contribution in [-0.2, 0) is 27.3 Å². The Hall–Kier alpha value is -3.22. The van der Waals surface area contributed by atoms with Gasteiger partial charge in [-0.3, -0.25) is 14.4 Å². The summed E-state index contributed by atoms with van der Waals surface area (Å²) in [7, 11) is 0. The lowest BCUT2D eigenvalue weighted by Gasteiger charge is -2.21. The maximum Gasteiger partial charge on any atom is 0.323 e. The molecule has 2 aromatic rings. The third kappa shape index (κ3) is 7.27. The Morgan fingerprint density at radius 1 is 0.963 bits per heavy atom. The maximum absolute atomic E-state index is 13.0. The number of halogens is 1. The molecule has 6 nitrogen and oxygen atoms in total. The van der Waals surface area contributed by atoms with Gasteiger partial charge in [0.05, 0.1) is 6.42 Å². The van der Waals surface area contributed by atoms with Gasteiger partial charge in [0, 0.05) is 19.5 Å². The molecule has 0 heterocycles. The van der Waals surface area contributed by atoms with Crippen molar-refractivity contribution in [1.82, 2.24) is 10.2 Å². The Balaban J connectivity index is 1.84. The van der Waals surface area contributed by atoms with Crippen molar-refractivity contribution in [3.8, 4) is 0 Å². The molecule has 0 saturated carbocycles. The van der Waals surface area contributed by atoms with Crippen molar-refractivity contribution in [2.75, 3.05) is 13.1 Å². The van der Waals surface area contributed by atoms with Crippen molar-refractivity contribution in [3.63, 3.8) is 0 Å². The Morgan fingerprint density at radius 2 is 1.63 bits per heavy atom. The molecule has 0 fully saturated rings. The van der Waals surface area contributed by atoms with Crippen LogP contribution < -0.4 is 5.32 Å². The van der Waals surface area contributed by atoms with Crippen molar-refractivity contribution < 1.29 is 23.9 Å². The molecule has 0 aromatic heterocycles. The second kappa shape index (κ2) is 10.1. The molecule has 0 aliphatic rings. The van der Waals surface area contributed by atoms with Crippen molar-refractivity contribution in [2.45, 2.75) is 19.4 Å². The number of carboxylic acids is 1. The molecule has 142 valence electrons. The van der Waals surface area contributed by atoms with Gasteiger partial charge in [0.1, 0.15) is 12.4 Å². The molecule has 0 aliphatic carbocycles. The van der Waals surface area contributed by atoms with E-state index in [0.717, 1.165) is 5.56 Å². The lowest BCUT2D eigenvalue weighted by molar-refractivity contribution is -0.145. The second-order valence-corrected chi connectivity index (χ2v) is 6.03. The number of rotatable bonds is 9. The summed E-state index contributed by atoms with van der Waals surface area (Å²) in [6, 6.07) is 14.7. The van der Waals surface area contributed by atoms with Gasteiger partial charge in [-0.2, -0.15) is 0 Å². The molecule has 0 radical (unpaired) electrons. The van der Waals surface area contributed by atoms with Gasteiger partial charge < -0.3 is 15.3 Å². The Morgan fingerprint density at radius 3 is 2.26 bits per heavy atom. The van der Waals surface area contributed by atoms with E-state index in [1.54, 1.807) is 0 Å². The first-order valence-electron chi connectivity index (χ1n) is 8.48. The van der Waals surface area contributed by atoms with Gasteiger partial charge >= 0.3 is 5.97 Å². The number of aliphatic carboxylic acids is 1. The van der Waals surface area contributed by atoms with Crippen molar-refractivity contribution in [2.24, 2.45) is 0 Å². The third-order valence-electron chi connectivity index (χ3n) is 3.83. The van der Waals surface area contributed by atoms with Gasteiger partial charge in [-0.05, 0) is 23.3 Å². The third-order valence-corrected chi connectivity index (χ3v) is 3.83. The van der Waals surface area contributed by atoms with E-state index < -0.39 is 24.2 Å². The minimum atomic E-state index is -1.14. The van der Waals surface area contributed by atoms with Gasteiger partial charge in [0.15, 0.2) is 0 Å². The zero-order chi connectivity index (χ0) is 19.6. The van der Waals surface area contributed by atoms with E-state index in [4.69, 9.17) is 5.11 Å². The SMILES string of the molecule is O=C(O)CN(Cc1ccc(F)cc1)C(=O)CCNC(=O)Cc1ccccc1. The minimum Gasteiger partial charge on any atom is -0.480 e. The first-order valence-corrected chi connectivity index (χ1v) is 8.48. The Bertz CT molecular complexity index is 778. The van der Waals surface area contributed by atoms with Crippen LogP contribution in [0.25, 0.3) is 0 Å². The Labute approximate surface area is 156 Å². The molecule has 2 aromatic carbocycles. The van der Waals surface area contributed by atoms with Gasteiger partial charge in [-0.1, -0.05) is 42.5 Å². The molecular weight excluding hydrogens is 351 g/mol. The van der Waals surface area contributed by atoms with Crippen LogP contribution in [0.1, 0.15) is 17.5 Å². The molecular formula is C20H21FN2O4. The van der Waals surface area contributed by atoms with Crippen LogP contribution in [0.3, 0.4) is 0 Å². The van der Waals surface area contributed by atoms with E-state index in [-0.39, 0.29) is 31.8 Å². The molecule has 0 aliphatic heterocycles. The molecule has 0 spiro atoms. The average molecular weight is 372 g/mol. The van der Waals surface area contributed by atoms with Crippen LogP contribution in [0.15, 0.2) is 54.6 Å². The molecule has 0 atom stereocenters. The van der Waals surface area contributed by atoms with Crippen LogP contribution in [0.4, 0.5) is 4.39 Å². The van der Waals surface area contributed by atoms with Crippen molar-refractivity contribution in [3.05, 3.63) is 71.5 Å². The summed E-state index contributed by atoms with van der Waals surface area (Å²) in [6.45, 7) is -0.290. The fourth-order valence-corrected chi connectivity index (χ4v) is 2.52. The topological polar surface area (TPSA) is 86.7 Å². The Kier molecular flexibility index (Phi) is 7.49. The van der Waals surface area contributed by atoms with Gasteiger partial charge in [-0.15, -0.1) is 0 Å². The molecule has 0 unspecified atom stereocenters. The lowest BCUT2D eigenvalue weighted by atomic mass is 10.1. The molecule has 2 N–H and O–H groups in total. The van der Waals surface area contributed by atoms with E-state index in [2.05, 4.69) is 5.32 Å². The van der Waals surface area contributed by atoms with E-state index >= 15 is 0 Å². The van der Waals surface area contributed by atoms with Gasteiger partial charge in [0.2, 0.25) is 11.8 Å². The van der Waals surface area contributed by atoms with Crippen LogP contribution in [-0.4, -0.2) is 40.9 Å². The highest BCUT2D eigenvalue weighted by molar-refractivity contribution is 5.82. The van der Waals surface area contributed by atoms with E-state index in [9.17, 15) is 18.8 Å². The molecule has 0 saturated heterocycles. The highest BCUT2D eigenvalue weighted by atomic mass is 19.1. The number of hydrogen-bond acceptors (Lipinski definition) is 3. The summed E-state index contributed by atoms with van der Waals surface area (Å²) in [6.07, 6.45) is 0.193. The zero-order valence-electron chi connectivity index (χ0n) is 14.7. The van der Waals surface area contributed by atoms with E-state index in [1.165, 1.54) is 29.2 Å². The van der Waals surface area contributed by atoms with Crippen LogP contribution in [0, 0.1) is 5.82 Å². The summed E-state index contributed by atoms with van der Waals surface area (Å²) >= 11 is 0. The summed E-state index contributed by atoms with van der Waals surface area (Å²) in [4.78, 5) is 36.4. The molecule has 2 amide bonds. The monoisotopic (exact) mass is 372 g/mol. The highest BCUT2D eigenvalue weighted by Gasteiger charge is 2.17.